The van der Waals surface area contributed by atoms with Gasteiger partial charge in [-0.15, -0.1) is 0 Å². The lowest BCUT2D eigenvalue weighted by atomic mass is 10.1. The molecule has 0 aliphatic heterocycles. The van der Waals surface area contributed by atoms with Crippen molar-refractivity contribution in [1.82, 2.24) is 5.43 Å². The molecule has 0 atom stereocenters. The zero-order valence-electron chi connectivity index (χ0n) is 13.1. The quantitative estimate of drug-likeness (QED) is 0.646. The number of amides is 1. The van der Waals surface area contributed by atoms with Gasteiger partial charge in [0.05, 0.1) is 18.7 Å². The van der Waals surface area contributed by atoms with Crippen LogP contribution in [0.2, 0.25) is 5.02 Å². The van der Waals surface area contributed by atoms with Crippen molar-refractivity contribution in [2.24, 2.45) is 5.10 Å². The Hall–Kier alpha value is -2.33. The van der Waals surface area contributed by atoms with Gasteiger partial charge < -0.3 is 4.74 Å². The summed E-state index contributed by atoms with van der Waals surface area (Å²) in [5, 5.41) is 4.60. The van der Waals surface area contributed by atoms with Gasteiger partial charge in [0.25, 0.3) is 0 Å². The molecular formula is C18H19ClN2O2. The van der Waals surface area contributed by atoms with Crippen LogP contribution >= 0.6 is 11.6 Å². The molecule has 0 saturated heterocycles. The summed E-state index contributed by atoms with van der Waals surface area (Å²) in [6, 6.07) is 14.7. The second-order valence-electron chi connectivity index (χ2n) is 5.33. The molecule has 0 radical (unpaired) electrons. The fourth-order valence-corrected chi connectivity index (χ4v) is 2.04. The summed E-state index contributed by atoms with van der Waals surface area (Å²) < 4.78 is 5.56. The van der Waals surface area contributed by atoms with E-state index in [1.165, 1.54) is 0 Å². The molecular weight excluding hydrogens is 312 g/mol. The van der Waals surface area contributed by atoms with Gasteiger partial charge in [-0.25, -0.2) is 5.43 Å². The highest BCUT2D eigenvalue weighted by molar-refractivity contribution is 6.30. The fourth-order valence-electron chi connectivity index (χ4n) is 1.91. The number of nitrogens with zero attached hydrogens (tertiary/aromatic N) is 1. The van der Waals surface area contributed by atoms with Crippen LogP contribution in [-0.2, 0) is 11.2 Å². The first-order valence-corrected chi connectivity index (χ1v) is 7.74. The van der Waals surface area contributed by atoms with Crippen LogP contribution in [0.5, 0.6) is 5.75 Å². The predicted octanol–water partition coefficient (Wildman–Crippen LogP) is 3.82. The molecule has 4 nitrogen and oxygen atoms in total. The van der Waals surface area contributed by atoms with E-state index in [2.05, 4.69) is 10.5 Å². The first-order chi connectivity index (χ1) is 11.0. The number of hydrazone groups is 1. The maximum absolute atomic E-state index is 11.8. The molecule has 2 aromatic carbocycles. The number of carbonyl (C=O) groups is 1. The minimum absolute atomic E-state index is 0.140. The molecule has 0 aromatic heterocycles. The highest BCUT2D eigenvalue weighted by Gasteiger charge is 2.02. The van der Waals surface area contributed by atoms with Crippen molar-refractivity contribution in [2.45, 2.75) is 26.4 Å². The van der Waals surface area contributed by atoms with E-state index in [1.807, 2.05) is 50.2 Å². The summed E-state index contributed by atoms with van der Waals surface area (Å²) in [6.45, 7) is 3.96. The van der Waals surface area contributed by atoms with Crippen LogP contribution in [-0.4, -0.2) is 18.2 Å². The van der Waals surface area contributed by atoms with Gasteiger partial charge in [0.2, 0.25) is 5.91 Å². The number of benzene rings is 2. The van der Waals surface area contributed by atoms with Gasteiger partial charge in [0, 0.05) is 5.02 Å². The van der Waals surface area contributed by atoms with Gasteiger partial charge in [0.15, 0.2) is 0 Å². The number of carbonyl (C=O) groups excluding carboxylic acids is 1. The highest BCUT2D eigenvalue weighted by atomic mass is 35.5. The van der Waals surface area contributed by atoms with E-state index >= 15 is 0 Å². The summed E-state index contributed by atoms with van der Waals surface area (Å²) in [7, 11) is 0. The normalized spacial score (nSPS) is 11.0. The Labute approximate surface area is 141 Å². The van der Waals surface area contributed by atoms with Gasteiger partial charge in [-0.2, -0.15) is 5.10 Å². The van der Waals surface area contributed by atoms with Crippen LogP contribution < -0.4 is 10.2 Å². The molecule has 120 valence electrons. The second kappa shape index (κ2) is 8.34. The molecule has 2 rings (SSSR count). The van der Waals surface area contributed by atoms with E-state index in [-0.39, 0.29) is 18.4 Å². The molecule has 0 fully saturated rings. The third kappa shape index (κ3) is 6.12. The van der Waals surface area contributed by atoms with Gasteiger partial charge in [-0.3, -0.25) is 4.79 Å². The van der Waals surface area contributed by atoms with Gasteiger partial charge in [-0.1, -0.05) is 23.7 Å². The van der Waals surface area contributed by atoms with Gasteiger partial charge >= 0.3 is 0 Å². The van der Waals surface area contributed by atoms with Gasteiger partial charge in [0.1, 0.15) is 5.75 Å². The van der Waals surface area contributed by atoms with Crippen molar-refractivity contribution in [3.05, 3.63) is 64.7 Å². The largest absolute Gasteiger partial charge is 0.491 e. The summed E-state index contributed by atoms with van der Waals surface area (Å²) in [4.78, 5) is 11.8. The predicted molar refractivity (Wildman–Crippen MR) is 93.1 cm³/mol. The lowest BCUT2D eigenvalue weighted by Crippen LogP contribution is -2.19. The topological polar surface area (TPSA) is 50.7 Å². The van der Waals surface area contributed by atoms with Gasteiger partial charge in [-0.05, 0) is 61.4 Å². The van der Waals surface area contributed by atoms with E-state index < -0.39 is 0 Å². The third-order valence-corrected chi connectivity index (χ3v) is 3.18. The maximum atomic E-state index is 11.8. The summed E-state index contributed by atoms with van der Waals surface area (Å²) in [5.74, 6) is 0.632. The first kappa shape index (κ1) is 17.0. The van der Waals surface area contributed by atoms with Crippen LogP contribution in [0, 0.1) is 0 Å². The molecule has 1 amide bonds. The zero-order valence-corrected chi connectivity index (χ0v) is 13.9. The Morgan fingerprint density at radius 3 is 2.43 bits per heavy atom. The molecule has 0 heterocycles. The van der Waals surface area contributed by atoms with E-state index in [1.54, 1.807) is 18.3 Å². The Morgan fingerprint density at radius 2 is 1.83 bits per heavy atom. The number of ether oxygens (including phenoxy) is 1. The minimum Gasteiger partial charge on any atom is -0.491 e. The number of rotatable bonds is 6. The van der Waals surface area contributed by atoms with Crippen LogP contribution in [0.15, 0.2) is 53.6 Å². The van der Waals surface area contributed by atoms with Crippen molar-refractivity contribution in [2.75, 3.05) is 0 Å². The number of hydrogen-bond donors (Lipinski definition) is 1. The Balaban J connectivity index is 1.83. The molecule has 0 bridgehead atoms. The van der Waals surface area contributed by atoms with E-state index in [4.69, 9.17) is 16.3 Å². The average Bonchev–Trinajstić information content (AvgIpc) is 2.51. The van der Waals surface area contributed by atoms with Crippen molar-refractivity contribution >= 4 is 23.7 Å². The molecule has 0 unspecified atom stereocenters. The maximum Gasteiger partial charge on any atom is 0.244 e. The van der Waals surface area contributed by atoms with E-state index in [0.29, 0.717) is 5.02 Å². The molecule has 0 saturated carbocycles. The fraction of sp³-hybridized carbons (Fsp3) is 0.222. The van der Waals surface area contributed by atoms with Crippen LogP contribution in [0.3, 0.4) is 0 Å². The third-order valence-electron chi connectivity index (χ3n) is 2.93. The summed E-state index contributed by atoms with van der Waals surface area (Å²) >= 11 is 5.81. The SMILES string of the molecule is CC(C)Oc1ccc(/C=N\NC(=O)Cc2ccc(Cl)cc2)cc1. The second-order valence-corrected chi connectivity index (χ2v) is 5.77. The van der Waals surface area contributed by atoms with Crippen molar-refractivity contribution in [1.29, 1.82) is 0 Å². The monoisotopic (exact) mass is 330 g/mol. The summed E-state index contributed by atoms with van der Waals surface area (Å²) in [5.41, 5.74) is 4.28. The zero-order chi connectivity index (χ0) is 16.7. The molecule has 5 heteroatoms. The Morgan fingerprint density at radius 1 is 1.17 bits per heavy atom. The first-order valence-electron chi connectivity index (χ1n) is 7.36. The number of halogens is 1. The lowest BCUT2D eigenvalue weighted by Gasteiger charge is -2.09. The lowest BCUT2D eigenvalue weighted by molar-refractivity contribution is -0.120. The van der Waals surface area contributed by atoms with Crippen molar-refractivity contribution in [3.63, 3.8) is 0 Å². The highest BCUT2D eigenvalue weighted by Crippen LogP contribution is 2.13. The molecule has 0 spiro atoms. The van der Waals surface area contributed by atoms with Crippen molar-refractivity contribution in [3.8, 4) is 5.75 Å². The molecule has 1 N–H and O–H groups in total. The molecule has 0 aliphatic rings. The van der Waals surface area contributed by atoms with E-state index in [9.17, 15) is 4.79 Å². The molecule has 0 aliphatic carbocycles. The smallest absolute Gasteiger partial charge is 0.244 e. The van der Waals surface area contributed by atoms with Crippen LogP contribution in [0.4, 0.5) is 0 Å². The Kier molecular flexibility index (Phi) is 6.18. The Bertz CT molecular complexity index is 664. The van der Waals surface area contributed by atoms with Crippen LogP contribution in [0.25, 0.3) is 0 Å². The van der Waals surface area contributed by atoms with Crippen LogP contribution in [0.1, 0.15) is 25.0 Å². The number of hydrogen-bond acceptors (Lipinski definition) is 3. The van der Waals surface area contributed by atoms with E-state index in [0.717, 1.165) is 16.9 Å². The standard InChI is InChI=1S/C18H19ClN2O2/c1-13(2)23-17-9-5-15(6-10-17)12-20-21-18(22)11-14-3-7-16(19)8-4-14/h3-10,12-13H,11H2,1-2H3,(H,21,22)/b20-12-. The number of nitrogens with one attached hydrogen (secondary N) is 1. The molecule has 2 aromatic rings. The molecule has 23 heavy (non-hydrogen) atoms. The summed E-state index contributed by atoms with van der Waals surface area (Å²) in [6.07, 6.45) is 2.00. The minimum atomic E-state index is -0.177. The van der Waals surface area contributed by atoms with Crippen molar-refractivity contribution < 1.29 is 9.53 Å². The average molecular weight is 331 g/mol.